The summed E-state index contributed by atoms with van der Waals surface area (Å²) in [6.07, 6.45) is 0. The van der Waals surface area contributed by atoms with Crippen molar-refractivity contribution in [1.29, 1.82) is 0 Å². The predicted octanol–water partition coefficient (Wildman–Crippen LogP) is 13.8. The van der Waals surface area contributed by atoms with E-state index in [0.29, 0.717) is 0 Å². The van der Waals surface area contributed by atoms with Crippen LogP contribution in [0.25, 0.3) is 74.4 Å². The van der Waals surface area contributed by atoms with E-state index in [1.807, 2.05) is 11.3 Å². The normalized spacial score (nSPS) is 11.8. The van der Waals surface area contributed by atoms with Gasteiger partial charge < -0.3 is 4.90 Å². The van der Waals surface area contributed by atoms with Crippen molar-refractivity contribution in [1.82, 2.24) is 0 Å². The van der Waals surface area contributed by atoms with Gasteiger partial charge in [-0.15, -0.1) is 11.3 Å². The van der Waals surface area contributed by atoms with Gasteiger partial charge in [0.25, 0.3) is 0 Å². The minimum atomic E-state index is 1.14. The maximum atomic E-state index is 2.49. The van der Waals surface area contributed by atoms with Gasteiger partial charge in [0.05, 0.1) is 11.4 Å². The molecule has 0 N–H and O–H groups in total. The minimum Gasteiger partial charge on any atom is -0.309 e. The number of anilines is 3. The summed E-state index contributed by atoms with van der Waals surface area (Å²) in [7, 11) is 0. The molecule has 48 heavy (non-hydrogen) atoms. The summed E-state index contributed by atoms with van der Waals surface area (Å²) in [6.45, 7) is 0. The van der Waals surface area contributed by atoms with Gasteiger partial charge in [0.2, 0.25) is 0 Å². The first-order chi connectivity index (χ1) is 23.8. The maximum Gasteiger partial charge on any atom is 0.0546 e. The zero-order valence-corrected chi connectivity index (χ0v) is 26.9. The van der Waals surface area contributed by atoms with E-state index in [-0.39, 0.29) is 0 Å². The summed E-state index contributed by atoms with van der Waals surface area (Å²) in [5, 5.41) is 12.8. The van der Waals surface area contributed by atoms with Crippen LogP contribution in [0.4, 0.5) is 17.1 Å². The quantitative estimate of drug-likeness (QED) is 0.176. The van der Waals surface area contributed by atoms with Crippen molar-refractivity contribution in [3.05, 3.63) is 176 Å². The first-order valence-electron chi connectivity index (χ1n) is 16.4. The molecule has 0 saturated carbocycles. The number of hydrogen-bond donors (Lipinski definition) is 0. The van der Waals surface area contributed by atoms with Gasteiger partial charge in [-0.05, 0) is 73.6 Å². The highest BCUT2D eigenvalue weighted by Crippen LogP contribution is 2.48. The van der Waals surface area contributed by atoms with Crippen LogP contribution in [0, 0.1) is 0 Å². The minimum absolute atomic E-state index is 1.14. The van der Waals surface area contributed by atoms with Gasteiger partial charge in [0, 0.05) is 36.8 Å². The van der Waals surface area contributed by atoms with Gasteiger partial charge >= 0.3 is 0 Å². The molecule has 10 aromatic rings. The third-order valence-corrected chi connectivity index (χ3v) is 10.9. The molecule has 1 nitrogen and oxygen atoms in total. The standard InChI is InChI=1S/C46H29NS/c1-2-12-30(13-3-1)35-17-10-11-21-41(35)47(34-24-26-40-44(29-34)48-43-27-23-32-15-5-8-19-37(32)46(40)43)42-28-33-16-6-9-20-38(33)45-36-18-7-4-14-31(36)22-25-39(42)45/h1-29H. The van der Waals surface area contributed by atoms with Gasteiger partial charge in [0.15, 0.2) is 0 Å². The van der Waals surface area contributed by atoms with Crippen LogP contribution in [0.5, 0.6) is 0 Å². The molecule has 9 aromatic carbocycles. The molecule has 0 unspecified atom stereocenters. The van der Waals surface area contributed by atoms with Crippen molar-refractivity contribution in [3.8, 4) is 11.1 Å². The third-order valence-electron chi connectivity index (χ3n) is 9.80. The Morgan fingerprint density at radius 3 is 1.75 bits per heavy atom. The molecule has 0 fully saturated rings. The molecular weight excluding hydrogens is 599 g/mol. The summed E-state index contributed by atoms with van der Waals surface area (Å²) < 4.78 is 2.61. The highest BCUT2D eigenvalue weighted by atomic mass is 32.1. The second-order valence-electron chi connectivity index (χ2n) is 12.5. The van der Waals surface area contributed by atoms with Crippen molar-refractivity contribution < 1.29 is 0 Å². The zero-order valence-electron chi connectivity index (χ0n) is 26.1. The molecule has 0 bridgehead atoms. The molecule has 1 heterocycles. The average molecular weight is 628 g/mol. The smallest absolute Gasteiger partial charge is 0.0546 e. The lowest BCUT2D eigenvalue weighted by molar-refractivity contribution is 1.31. The van der Waals surface area contributed by atoms with Crippen LogP contribution in [0.1, 0.15) is 0 Å². The topological polar surface area (TPSA) is 3.24 Å². The molecule has 0 aliphatic carbocycles. The summed E-state index contributed by atoms with van der Waals surface area (Å²) in [4.78, 5) is 2.49. The van der Waals surface area contributed by atoms with Gasteiger partial charge in [-0.1, -0.05) is 146 Å². The zero-order chi connectivity index (χ0) is 31.6. The molecule has 0 saturated heterocycles. The second kappa shape index (κ2) is 10.8. The molecule has 0 amide bonds. The van der Waals surface area contributed by atoms with Crippen LogP contribution in [0.2, 0.25) is 0 Å². The van der Waals surface area contributed by atoms with E-state index in [4.69, 9.17) is 0 Å². The van der Waals surface area contributed by atoms with E-state index in [1.54, 1.807) is 0 Å². The molecular formula is C46H29NS. The lowest BCUT2D eigenvalue weighted by Crippen LogP contribution is -2.12. The Kier molecular flexibility index (Phi) is 6.12. The lowest BCUT2D eigenvalue weighted by Gasteiger charge is -2.30. The van der Waals surface area contributed by atoms with Gasteiger partial charge in [0.1, 0.15) is 0 Å². The average Bonchev–Trinajstić information content (AvgIpc) is 3.54. The van der Waals surface area contributed by atoms with Crippen LogP contribution in [-0.2, 0) is 0 Å². The second-order valence-corrected chi connectivity index (χ2v) is 13.6. The van der Waals surface area contributed by atoms with Crippen molar-refractivity contribution >= 4 is 91.7 Å². The highest BCUT2D eigenvalue weighted by Gasteiger charge is 2.22. The van der Waals surface area contributed by atoms with Gasteiger partial charge in [-0.25, -0.2) is 0 Å². The number of nitrogens with zero attached hydrogens (tertiary/aromatic N) is 1. The van der Waals surface area contributed by atoms with E-state index < -0.39 is 0 Å². The molecule has 10 rings (SSSR count). The van der Waals surface area contributed by atoms with E-state index in [9.17, 15) is 0 Å². The summed E-state index contributed by atoms with van der Waals surface area (Å²) >= 11 is 1.88. The van der Waals surface area contributed by atoms with Crippen LogP contribution in [-0.4, -0.2) is 0 Å². The van der Waals surface area contributed by atoms with Crippen LogP contribution in [0.15, 0.2) is 176 Å². The van der Waals surface area contributed by atoms with Crippen molar-refractivity contribution in [3.63, 3.8) is 0 Å². The third kappa shape index (κ3) is 4.17. The van der Waals surface area contributed by atoms with Crippen molar-refractivity contribution in [2.45, 2.75) is 0 Å². The monoisotopic (exact) mass is 627 g/mol. The predicted molar refractivity (Wildman–Crippen MR) is 209 cm³/mol. The van der Waals surface area contributed by atoms with Gasteiger partial charge in [-0.3, -0.25) is 0 Å². The first-order valence-corrected chi connectivity index (χ1v) is 17.3. The fourth-order valence-corrected chi connectivity index (χ4v) is 8.80. The molecule has 0 atom stereocenters. The fourth-order valence-electron chi connectivity index (χ4n) is 7.65. The van der Waals surface area contributed by atoms with Crippen LogP contribution < -0.4 is 4.90 Å². The molecule has 0 spiro atoms. The Morgan fingerprint density at radius 2 is 0.958 bits per heavy atom. The number of benzene rings is 9. The Bertz CT molecular complexity index is 2830. The first kappa shape index (κ1) is 27.2. The number of rotatable bonds is 4. The molecule has 0 aliphatic rings. The molecule has 0 aliphatic heterocycles. The Labute approximate surface area is 282 Å². The SMILES string of the molecule is c1ccc(-c2ccccc2N(c2ccc3c(c2)sc2ccc4ccccc4c23)c2cc3ccccc3c3c2ccc2ccccc23)cc1. The highest BCUT2D eigenvalue weighted by molar-refractivity contribution is 7.26. The molecule has 224 valence electrons. The van der Waals surface area contributed by atoms with Crippen molar-refractivity contribution in [2.24, 2.45) is 0 Å². The Balaban J connectivity index is 1.32. The largest absolute Gasteiger partial charge is 0.309 e. The van der Waals surface area contributed by atoms with Gasteiger partial charge in [-0.2, -0.15) is 0 Å². The van der Waals surface area contributed by atoms with Crippen molar-refractivity contribution in [2.75, 3.05) is 4.90 Å². The molecule has 0 radical (unpaired) electrons. The van der Waals surface area contributed by atoms with Crippen LogP contribution >= 0.6 is 11.3 Å². The number of fused-ring (bicyclic) bond motifs is 10. The van der Waals surface area contributed by atoms with E-state index in [0.717, 1.165) is 11.4 Å². The maximum absolute atomic E-state index is 2.49. The number of para-hydroxylation sites is 1. The van der Waals surface area contributed by atoms with E-state index >= 15 is 0 Å². The van der Waals surface area contributed by atoms with E-state index in [1.165, 1.54) is 80.1 Å². The number of thiophene rings is 1. The fraction of sp³-hybridized carbons (Fsp3) is 0. The molecule has 2 heteroatoms. The summed E-state index contributed by atoms with van der Waals surface area (Å²) in [5.74, 6) is 0. The van der Waals surface area contributed by atoms with Crippen LogP contribution in [0.3, 0.4) is 0 Å². The molecule has 1 aromatic heterocycles. The summed E-state index contributed by atoms with van der Waals surface area (Å²) in [6, 6.07) is 64.5. The lowest BCUT2D eigenvalue weighted by atomic mass is 9.94. The Hall–Kier alpha value is -5.96. The van der Waals surface area contributed by atoms with E-state index in [2.05, 4.69) is 181 Å². The Morgan fingerprint density at radius 1 is 0.354 bits per heavy atom. The summed E-state index contributed by atoms with van der Waals surface area (Å²) in [5.41, 5.74) is 5.86. The number of hydrogen-bond acceptors (Lipinski definition) is 2.